The Morgan fingerprint density at radius 3 is 2.47 bits per heavy atom. The van der Waals surface area contributed by atoms with Crippen molar-refractivity contribution in [3.05, 3.63) is 28.8 Å². The SMILES string of the molecule is C[C@@H](O)CNS(=O)(=O)c1cc(C(F)(F)F)ccc1Cl. The molecule has 19 heavy (non-hydrogen) atoms. The molecule has 0 radical (unpaired) electrons. The number of alkyl halides is 3. The lowest BCUT2D eigenvalue weighted by Crippen LogP contribution is -2.31. The van der Waals surface area contributed by atoms with E-state index in [0.717, 1.165) is 6.07 Å². The molecule has 0 saturated heterocycles. The molecule has 0 spiro atoms. The number of benzene rings is 1. The van der Waals surface area contributed by atoms with Crippen LogP contribution in [0.1, 0.15) is 12.5 Å². The first kappa shape index (κ1) is 16.2. The summed E-state index contributed by atoms with van der Waals surface area (Å²) in [7, 11) is -4.21. The van der Waals surface area contributed by atoms with Crippen LogP contribution in [-0.2, 0) is 16.2 Å². The Labute approximate surface area is 113 Å². The minimum Gasteiger partial charge on any atom is -0.392 e. The maximum absolute atomic E-state index is 12.5. The van der Waals surface area contributed by atoms with Crippen molar-refractivity contribution in [1.82, 2.24) is 4.72 Å². The molecule has 0 aliphatic rings. The van der Waals surface area contributed by atoms with E-state index >= 15 is 0 Å². The summed E-state index contributed by atoms with van der Waals surface area (Å²) in [6.45, 7) is 1.01. The maximum atomic E-state index is 12.5. The Bertz CT molecular complexity index is 558. The molecule has 9 heteroatoms. The average Bonchev–Trinajstić information content (AvgIpc) is 2.25. The Morgan fingerprint density at radius 1 is 1.42 bits per heavy atom. The molecule has 0 amide bonds. The van der Waals surface area contributed by atoms with E-state index in [1.807, 2.05) is 4.72 Å². The highest BCUT2D eigenvalue weighted by Gasteiger charge is 2.32. The van der Waals surface area contributed by atoms with E-state index in [9.17, 15) is 21.6 Å². The predicted octanol–water partition coefficient (Wildman–Crippen LogP) is 2.02. The van der Waals surface area contributed by atoms with Crippen LogP contribution in [0.3, 0.4) is 0 Å². The molecule has 0 bridgehead atoms. The van der Waals surface area contributed by atoms with Crippen LogP contribution in [0.4, 0.5) is 13.2 Å². The minimum absolute atomic E-state index is 0.324. The van der Waals surface area contributed by atoms with Crippen LogP contribution in [-0.4, -0.2) is 26.2 Å². The standard InChI is InChI=1S/C10H11ClF3NO3S/c1-6(16)5-15-19(17,18)9-4-7(10(12,13)14)2-3-8(9)11/h2-4,6,15-16H,5H2,1H3/t6-/m1/s1. The van der Waals surface area contributed by atoms with Gasteiger partial charge in [0.05, 0.1) is 16.7 Å². The third-order valence-corrected chi connectivity index (χ3v) is 4.02. The van der Waals surface area contributed by atoms with E-state index in [1.165, 1.54) is 6.92 Å². The molecular formula is C10H11ClF3NO3S. The van der Waals surface area contributed by atoms with Crippen LogP contribution >= 0.6 is 11.6 Å². The molecule has 2 N–H and O–H groups in total. The molecule has 0 aliphatic heterocycles. The molecule has 108 valence electrons. The first-order valence-electron chi connectivity index (χ1n) is 5.08. The van der Waals surface area contributed by atoms with Gasteiger partial charge in [-0.05, 0) is 25.1 Å². The summed E-state index contributed by atoms with van der Waals surface area (Å²) in [6.07, 6.45) is -5.64. The van der Waals surface area contributed by atoms with Crippen molar-refractivity contribution in [2.24, 2.45) is 0 Å². The molecule has 0 heterocycles. The second-order valence-electron chi connectivity index (χ2n) is 3.84. The molecule has 1 atom stereocenters. The quantitative estimate of drug-likeness (QED) is 0.893. The van der Waals surface area contributed by atoms with Gasteiger partial charge in [0, 0.05) is 6.54 Å². The number of rotatable bonds is 4. The zero-order valence-electron chi connectivity index (χ0n) is 9.70. The van der Waals surface area contributed by atoms with Gasteiger partial charge < -0.3 is 5.11 Å². The average molecular weight is 318 g/mol. The fourth-order valence-electron chi connectivity index (χ4n) is 1.19. The fraction of sp³-hybridized carbons (Fsp3) is 0.400. The predicted molar refractivity (Wildman–Crippen MR) is 63.3 cm³/mol. The lowest BCUT2D eigenvalue weighted by Gasteiger charge is -2.12. The molecule has 0 aromatic heterocycles. The minimum atomic E-state index is -4.67. The van der Waals surface area contributed by atoms with E-state index in [1.54, 1.807) is 0 Å². The number of sulfonamides is 1. The zero-order chi connectivity index (χ0) is 14.8. The highest BCUT2D eigenvalue weighted by molar-refractivity contribution is 7.89. The smallest absolute Gasteiger partial charge is 0.392 e. The third kappa shape index (κ3) is 4.34. The molecule has 0 aliphatic carbocycles. The van der Waals surface area contributed by atoms with Gasteiger partial charge in [-0.15, -0.1) is 0 Å². The molecule has 0 saturated carbocycles. The molecule has 1 aromatic carbocycles. The van der Waals surface area contributed by atoms with E-state index in [0.29, 0.717) is 12.1 Å². The Kier molecular flexibility index (Phi) is 4.83. The third-order valence-electron chi connectivity index (χ3n) is 2.12. The summed E-state index contributed by atoms with van der Waals surface area (Å²) in [6, 6.07) is 2.00. The molecule has 0 unspecified atom stereocenters. The lowest BCUT2D eigenvalue weighted by atomic mass is 10.2. The van der Waals surface area contributed by atoms with E-state index in [4.69, 9.17) is 16.7 Å². The molecule has 1 aromatic rings. The molecule has 4 nitrogen and oxygen atoms in total. The Morgan fingerprint density at radius 2 is 2.00 bits per heavy atom. The second-order valence-corrected chi connectivity index (χ2v) is 5.99. The van der Waals surface area contributed by atoms with Crippen molar-refractivity contribution < 1.29 is 26.7 Å². The van der Waals surface area contributed by atoms with Crippen LogP contribution in [0.25, 0.3) is 0 Å². The number of aliphatic hydroxyl groups is 1. The first-order chi connectivity index (χ1) is 8.54. The molecule has 1 rings (SSSR count). The fourth-order valence-corrected chi connectivity index (χ4v) is 2.84. The summed E-state index contributed by atoms with van der Waals surface area (Å²) >= 11 is 5.60. The van der Waals surface area contributed by atoms with Gasteiger partial charge in [-0.25, -0.2) is 13.1 Å². The number of nitrogens with one attached hydrogen (secondary N) is 1. The maximum Gasteiger partial charge on any atom is 0.416 e. The normalized spacial score (nSPS) is 14.4. The Hall–Kier alpha value is -0.830. The van der Waals surface area contributed by atoms with E-state index in [2.05, 4.69) is 0 Å². The second kappa shape index (κ2) is 5.66. The van der Waals surface area contributed by atoms with Crippen molar-refractivity contribution in [1.29, 1.82) is 0 Å². The number of halogens is 4. The van der Waals surface area contributed by atoms with Gasteiger partial charge in [0.25, 0.3) is 0 Å². The first-order valence-corrected chi connectivity index (χ1v) is 6.94. The summed E-state index contributed by atoms with van der Waals surface area (Å²) in [5, 5.41) is 8.65. The Balaban J connectivity index is 3.19. The molecular weight excluding hydrogens is 307 g/mol. The van der Waals surface area contributed by atoms with Gasteiger partial charge in [-0.2, -0.15) is 13.2 Å². The topological polar surface area (TPSA) is 66.4 Å². The van der Waals surface area contributed by atoms with Crippen LogP contribution in [0.15, 0.2) is 23.1 Å². The monoisotopic (exact) mass is 317 g/mol. The van der Waals surface area contributed by atoms with Gasteiger partial charge >= 0.3 is 6.18 Å². The van der Waals surface area contributed by atoms with Crippen molar-refractivity contribution >= 4 is 21.6 Å². The van der Waals surface area contributed by atoms with Gasteiger partial charge in [0.1, 0.15) is 4.90 Å². The largest absolute Gasteiger partial charge is 0.416 e. The highest BCUT2D eigenvalue weighted by Crippen LogP contribution is 2.33. The van der Waals surface area contributed by atoms with Gasteiger partial charge in [0.2, 0.25) is 10.0 Å². The van der Waals surface area contributed by atoms with Crippen LogP contribution in [0.2, 0.25) is 5.02 Å². The van der Waals surface area contributed by atoms with Crippen LogP contribution in [0.5, 0.6) is 0 Å². The van der Waals surface area contributed by atoms with Crippen molar-refractivity contribution in [2.45, 2.75) is 24.1 Å². The van der Waals surface area contributed by atoms with Crippen molar-refractivity contribution in [2.75, 3.05) is 6.54 Å². The highest BCUT2D eigenvalue weighted by atomic mass is 35.5. The van der Waals surface area contributed by atoms with Crippen LogP contribution in [0, 0.1) is 0 Å². The number of hydrogen-bond donors (Lipinski definition) is 2. The van der Waals surface area contributed by atoms with E-state index in [-0.39, 0.29) is 11.6 Å². The van der Waals surface area contributed by atoms with Crippen molar-refractivity contribution in [3.8, 4) is 0 Å². The lowest BCUT2D eigenvalue weighted by molar-refractivity contribution is -0.137. The van der Waals surface area contributed by atoms with E-state index < -0.39 is 32.8 Å². The van der Waals surface area contributed by atoms with Crippen molar-refractivity contribution in [3.63, 3.8) is 0 Å². The van der Waals surface area contributed by atoms with Crippen LogP contribution < -0.4 is 4.72 Å². The number of hydrogen-bond acceptors (Lipinski definition) is 3. The van der Waals surface area contributed by atoms with Gasteiger partial charge in [-0.1, -0.05) is 11.6 Å². The summed E-state index contributed by atoms with van der Waals surface area (Å²) in [5.74, 6) is 0. The number of aliphatic hydroxyl groups excluding tert-OH is 1. The molecule has 0 fully saturated rings. The summed E-state index contributed by atoms with van der Waals surface area (Å²) < 4.78 is 63.0. The zero-order valence-corrected chi connectivity index (χ0v) is 11.3. The van der Waals surface area contributed by atoms with Gasteiger partial charge in [-0.3, -0.25) is 0 Å². The summed E-state index contributed by atoms with van der Waals surface area (Å²) in [4.78, 5) is -0.676. The summed E-state index contributed by atoms with van der Waals surface area (Å²) in [5.41, 5.74) is -1.12. The van der Waals surface area contributed by atoms with Gasteiger partial charge in [0.15, 0.2) is 0 Å².